The summed E-state index contributed by atoms with van der Waals surface area (Å²) in [6, 6.07) is 19.6. The van der Waals surface area contributed by atoms with Crippen molar-refractivity contribution in [2.45, 2.75) is 102 Å². The van der Waals surface area contributed by atoms with Crippen LogP contribution in [0.5, 0.6) is 6.01 Å². The number of likely N-dealkylation sites (tertiary alicyclic amines) is 2. The molecule has 0 bridgehead atoms. The summed E-state index contributed by atoms with van der Waals surface area (Å²) in [6.45, 7) is 15.3. The maximum absolute atomic E-state index is 17.3. The highest BCUT2D eigenvalue weighted by Gasteiger charge is 2.47. The SMILES string of the molecule is C=C(F)C(=O)N1CCN(c2nc(OCCN3CCC4(CC3)CN(c3cc([C@H](C(=O)N5C[C@H](O)C[C@H]5C(=O)C[C@@H](C)c5ccc(-c6scnc6C)cc5)C(C)C)on3)C4)nc3c(F)c(C4=c5ccccc5=C[C@@H](O)C4)c(Cl)cc23)C[C@@H]1CC#N. The number of piperazine rings is 1. The van der Waals surface area contributed by atoms with Crippen molar-refractivity contribution in [1.29, 1.82) is 5.26 Å². The van der Waals surface area contributed by atoms with E-state index in [1.54, 1.807) is 28.4 Å². The maximum atomic E-state index is 17.3. The van der Waals surface area contributed by atoms with E-state index in [4.69, 9.17) is 25.8 Å². The second-order valence-electron chi connectivity index (χ2n) is 23.4. The van der Waals surface area contributed by atoms with Gasteiger partial charge < -0.3 is 39.1 Å². The predicted molar refractivity (Wildman–Crippen MR) is 312 cm³/mol. The van der Waals surface area contributed by atoms with Gasteiger partial charge in [-0.05, 0) is 84.0 Å². The van der Waals surface area contributed by atoms with Gasteiger partial charge in [0.25, 0.3) is 5.91 Å². The van der Waals surface area contributed by atoms with Gasteiger partial charge in [-0.3, -0.25) is 19.3 Å². The number of nitrogens with zero attached hydrogens (tertiary/aromatic N) is 10. The number of carbonyl (C=O) groups excluding carboxylic acids is 3. The monoisotopic (exact) mass is 1170 g/mol. The van der Waals surface area contributed by atoms with Crippen molar-refractivity contribution in [2.24, 2.45) is 11.3 Å². The Balaban J connectivity index is 0.731. The predicted octanol–water partition coefficient (Wildman–Crippen LogP) is 7.45. The molecule has 4 fully saturated rings. The second-order valence-corrected chi connectivity index (χ2v) is 24.6. The molecule has 83 heavy (non-hydrogen) atoms. The third-order valence-electron chi connectivity index (χ3n) is 17.4. The van der Waals surface area contributed by atoms with Gasteiger partial charge in [-0.2, -0.15) is 15.2 Å². The molecule has 21 heteroatoms. The minimum atomic E-state index is -1.13. The highest BCUT2D eigenvalue weighted by atomic mass is 35.5. The largest absolute Gasteiger partial charge is 0.462 e. The molecule has 1 aliphatic carbocycles. The fourth-order valence-corrected chi connectivity index (χ4v) is 14.1. The van der Waals surface area contributed by atoms with Crippen molar-refractivity contribution < 1.29 is 42.6 Å². The van der Waals surface area contributed by atoms with Crippen LogP contribution in [0.1, 0.15) is 93.7 Å². The highest BCUT2D eigenvalue weighted by Crippen LogP contribution is 2.44. The van der Waals surface area contributed by atoms with Gasteiger partial charge in [0.15, 0.2) is 29.0 Å². The zero-order chi connectivity index (χ0) is 58.4. The fourth-order valence-electron chi connectivity index (χ4n) is 12.9. The fraction of sp³-hybridized carbons (Fsp3) is 0.452. The Morgan fingerprint density at radius 3 is 2.47 bits per heavy atom. The number of hydrogen-bond donors (Lipinski definition) is 2. The van der Waals surface area contributed by atoms with E-state index in [2.05, 4.69) is 49.7 Å². The molecule has 11 rings (SSSR count). The molecule has 3 aromatic carbocycles. The Labute approximate surface area is 489 Å². The summed E-state index contributed by atoms with van der Waals surface area (Å²) in [5.74, 6) is -2.69. The van der Waals surface area contributed by atoms with Gasteiger partial charge in [-0.25, -0.2) is 13.8 Å². The number of β-amino-alcohol motifs (C(OH)–C–C–N with tert-alkyl or cyclic N) is 1. The minimum Gasteiger partial charge on any atom is -0.462 e. The van der Waals surface area contributed by atoms with Crippen LogP contribution in [-0.4, -0.2) is 152 Å². The highest BCUT2D eigenvalue weighted by molar-refractivity contribution is 7.13. The van der Waals surface area contributed by atoms with Gasteiger partial charge in [0.2, 0.25) is 5.91 Å². The molecule has 3 aromatic heterocycles. The number of ether oxygens (including phenoxy) is 1. The number of anilines is 2. The molecule has 17 nitrogen and oxygen atoms in total. The lowest BCUT2D eigenvalue weighted by atomic mass is 9.72. The average Bonchev–Trinajstić information content (AvgIpc) is 1.91. The Morgan fingerprint density at radius 1 is 1.00 bits per heavy atom. The summed E-state index contributed by atoms with van der Waals surface area (Å²) in [5.41, 5.74) is 5.54. The number of aryl methyl sites for hydroxylation is 1. The zero-order valence-corrected chi connectivity index (χ0v) is 48.5. The number of carbonyl (C=O) groups is 3. The van der Waals surface area contributed by atoms with Crippen LogP contribution in [0.25, 0.3) is 33.0 Å². The summed E-state index contributed by atoms with van der Waals surface area (Å²) in [6.07, 6.45) is 2.30. The van der Waals surface area contributed by atoms with Crippen LogP contribution in [0.15, 0.2) is 83.1 Å². The quantitative estimate of drug-likeness (QED) is 0.0852. The van der Waals surface area contributed by atoms with Crippen LogP contribution in [0.2, 0.25) is 5.02 Å². The number of amides is 2. The number of ketones is 1. The average molecular weight is 1170 g/mol. The van der Waals surface area contributed by atoms with Crippen molar-refractivity contribution in [3.63, 3.8) is 0 Å². The van der Waals surface area contributed by atoms with Crippen molar-refractivity contribution >= 4 is 74.7 Å². The van der Waals surface area contributed by atoms with Crippen LogP contribution >= 0.6 is 22.9 Å². The molecule has 4 aliphatic heterocycles. The molecule has 0 radical (unpaired) electrons. The normalized spacial score (nSPS) is 21.4. The minimum absolute atomic E-state index is 0.0452. The van der Waals surface area contributed by atoms with Gasteiger partial charge in [0.05, 0.1) is 57.9 Å². The zero-order valence-electron chi connectivity index (χ0n) is 46.9. The van der Waals surface area contributed by atoms with Gasteiger partial charge in [-0.1, -0.05) is 92.6 Å². The first-order valence-corrected chi connectivity index (χ1v) is 29.7. The summed E-state index contributed by atoms with van der Waals surface area (Å²) in [4.78, 5) is 65.3. The Hall–Kier alpha value is -7.15. The molecular formula is C62H67ClF2N10O7S. The van der Waals surface area contributed by atoms with Crippen molar-refractivity contribution in [1.82, 2.24) is 34.8 Å². The summed E-state index contributed by atoms with van der Waals surface area (Å²) in [7, 11) is 0. The van der Waals surface area contributed by atoms with Crippen LogP contribution in [-0.2, 0) is 14.4 Å². The van der Waals surface area contributed by atoms with E-state index in [0.717, 1.165) is 71.2 Å². The van der Waals surface area contributed by atoms with Gasteiger partial charge in [-0.15, -0.1) is 11.3 Å². The lowest BCUT2D eigenvalue weighted by molar-refractivity contribution is -0.140. The molecule has 0 unspecified atom stereocenters. The molecule has 7 heterocycles. The number of Topliss-reactive ketones (excluding diaryl/α,β-unsaturated/α-hetero) is 1. The Bertz CT molecular complexity index is 3650. The number of hydrogen-bond acceptors (Lipinski definition) is 16. The molecule has 6 atom stereocenters. The number of aliphatic hydroxyl groups is 2. The molecule has 434 valence electrons. The number of halogens is 3. The third-order valence-corrected chi connectivity index (χ3v) is 18.7. The van der Waals surface area contributed by atoms with E-state index in [1.807, 2.05) is 80.6 Å². The first kappa shape index (κ1) is 57.7. The number of nitriles is 1. The smallest absolute Gasteiger partial charge is 0.319 e. The first-order valence-electron chi connectivity index (χ1n) is 28.4. The van der Waals surface area contributed by atoms with E-state index in [9.17, 15) is 34.2 Å². The third kappa shape index (κ3) is 11.6. The number of piperidine rings is 1. The molecule has 2 N–H and O–H groups in total. The number of rotatable bonds is 17. The van der Waals surface area contributed by atoms with Crippen LogP contribution in [0.4, 0.5) is 20.4 Å². The first-order chi connectivity index (χ1) is 39.9. The van der Waals surface area contributed by atoms with Crippen LogP contribution < -0.4 is 25.0 Å². The number of benzene rings is 3. The summed E-state index contributed by atoms with van der Waals surface area (Å²) >= 11 is 8.58. The van der Waals surface area contributed by atoms with Crippen molar-refractivity contribution in [3.05, 3.63) is 122 Å². The number of fused-ring (bicyclic) bond motifs is 2. The lowest BCUT2D eigenvalue weighted by Gasteiger charge is -2.54. The molecule has 2 amide bonds. The van der Waals surface area contributed by atoms with Gasteiger partial charge in [0, 0.05) is 87.5 Å². The second kappa shape index (κ2) is 23.8. The lowest BCUT2D eigenvalue weighted by Crippen LogP contribution is -2.60. The maximum Gasteiger partial charge on any atom is 0.319 e. The number of thiazole rings is 1. The topological polar surface area (TPSA) is 206 Å². The Morgan fingerprint density at radius 2 is 1.76 bits per heavy atom. The summed E-state index contributed by atoms with van der Waals surface area (Å²) < 4.78 is 43.7. The van der Waals surface area contributed by atoms with E-state index in [0.29, 0.717) is 23.7 Å². The number of aromatic nitrogens is 4. The van der Waals surface area contributed by atoms with Crippen LogP contribution in [0.3, 0.4) is 0 Å². The van der Waals surface area contributed by atoms with E-state index in [1.165, 1.54) is 4.90 Å². The summed E-state index contributed by atoms with van der Waals surface area (Å²) in [5, 5.41) is 37.7. The van der Waals surface area contributed by atoms with Crippen molar-refractivity contribution in [3.8, 4) is 22.5 Å². The molecule has 0 saturated carbocycles. The standard InChI is InChI=1S/C62H67ClF2N10O7S/c1-35(2)53(60(80)75-31-44(77)27-49(75)50(78)24-36(3)39-10-12-40(13-11-39)57-38(5)67-34-83-57)51-29-52(70-82-51)73-32-62(33-73)15-18-71(19-16-62)22-23-81-61-68-56-47(58(69-61)72-20-21-74(59(79)37(4)64)42(30-72)14-17-66)28-48(63)54(55(56)65)46-26-43(76)25-41-8-6-7-9-45(41)46/h6-13,25,28-29,34-36,42-44,49,53,76-77H,4,14-16,18-24,26-27,30-33H2,1-3,5H3/t36-,42+,43-,44-,49+,53-/m1/s1. The Kier molecular flexibility index (Phi) is 16.6. The molecular weight excluding hydrogens is 1100 g/mol. The van der Waals surface area contributed by atoms with Crippen molar-refractivity contribution in [2.75, 3.05) is 75.3 Å². The molecule has 5 aliphatic rings. The molecule has 4 saturated heterocycles. The van der Waals surface area contributed by atoms with Gasteiger partial charge >= 0.3 is 6.01 Å². The van der Waals surface area contributed by atoms with E-state index in [-0.39, 0.29) is 121 Å². The molecule has 1 spiro atoms. The number of aliphatic hydroxyl groups excluding tert-OH is 2. The van der Waals surface area contributed by atoms with Crippen LogP contribution in [0, 0.1) is 35.4 Å². The van der Waals surface area contributed by atoms with E-state index >= 15 is 4.39 Å². The van der Waals surface area contributed by atoms with Gasteiger partial charge in [0.1, 0.15) is 23.9 Å². The van der Waals surface area contributed by atoms with E-state index < -0.39 is 47.8 Å². The molecule has 6 aromatic rings.